The number of ether oxygens (including phenoxy) is 2. The van der Waals surface area contributed by atoms with E-state index >= 15 is 0 Å². The summed E-state index contributed by atoms with van der Waals surface area (Å²) < 4.78 is 12.8. The highest BCUT2D eigenvalue weighted by Gasteiger charge is 2.50. The van der Waals surface area contributed by atoms with E-state index in [-0.39, 0.29) is 16.8 Å². The highest BCUT2D eigenvalue weighted by molar-refractivity contribution is 5.02. The number of nitrogens with one attached hydrogen (secondary N) is 1. The zero-order valence-electron chi connectivity index (χ0n) is 12.6. The molecule has 1 saturated carbocycles. The predicted octanol–water partition coefficient (Wildman–Crippen LogP) is 3.03. The molecule has 0 aromatic rings. The quantitative estimate of drug-likeness (QED) is 0.792. The fourth-order valence-electron chi connectivity index (χ4n) is 4.29. The molecular formula is C16H29NO2. The summed E-state index contributed by atoms with van der Waals surface area (Å²) >= 11 is 0. The first-order valence-electron chi connectivity index (χ1n) is 8.14. The summed E-state index contributed by atoms with van der Waals surface area (Å²) in [5.74, 6) is 0. The Labute approximate surface area is 117 Å². The molecule has 2 saturated heterocycles. The average Bonchev–Trinajstić information content (AvgIpc) is 2.39. The Morgan fingerprint density at radius 2 is 1.74 bits per heavy atom. The van der Waals surface area contributed by atoms with Gasteiger partial charge in [0.2, 0.25) is 0 Å². The van der Waals surface area contributed by atoms with E-state index in [1.807, 2.05) is 0 Å². The molecule has 3 aliphatic rings. The summed E-state index contributed by atoms with van der Waals surface area (Å²) in [5, 5.41) is 3.69. The van der Waals surface area contributed by atoms with Gasteiger partial charge < -0.3 is 14.8 Å². The highest BCUT2D eigenvalue weighted by atomic mass is 16.5. The van der Waals surface area contributed by atoms with Crippen LogP contribution in [0.1, 0.15) is 65.2 Å². The molecule has 0 aromatic carbocycles. The van der Waals surface area contributed by atoms with Crippen molar-refractivity contribution < 1.29 is 9.47 Å². The fourth-order valence-corrected chi connectivity index (χ4v) is 4.29. The lowest BCUT2D eigenvalue weighted by atomic mass is 9.77. The Morgan fingerprint density at radius 3 is 2.47 bits per heavy atom. The second-order valence-electron chi connectivity index (χ2n) is 7.21. The van der Waals surface area contributed by atoms with Crippen molar-refractivity contribution in [1.29, 1.82) is 0 Å². The van der Waals surface area contributed by atoms with Gasteiger partial charge in [-0.25, -0.2) is 0 Å². The van der Waals surface area contributed by atoms with Crippen LogP contribution in [0.15, 0.2) is 0 Å². The molecule has 3 heteroatoms. The summed E-state index contributed by atoms with van der Waals surface area (Å²) in [6.45, 7) is 7.39. The standard InChI is InChI=1S/C16H29NO2/c1-3-14(2)11-16(9-10-18-14)13-17-12-15(19-16)7-5-4-6-8-15/h17H,3-13H2,1-2H3. The molecule has 2 aliphatic heterocycles. The van der Waals surface area contributed by atoms with Gasteiger partial charge in [0.05, 0.1) is 23.4 Å². The molecule has 19 heavy (non-hydrogen) atoms. The Kier molecular flexibility index (Phi) is 3.65. The van der Waals surface area contributed by atoms with Gasteiger partial charge in [-0.2, -0.15) is 0 Å². The summed E-state index contributed by atoms with van der Waals surface area (Å²) in [6, 6.07) is 0. The SMILES string of the molecule is CCC1(C)CC2(CCO1)CNCC1(CCCCC1)O2. The van der Waals surface area contributed by atoms with Crippen molar-refractivity contribution in [2.24, 2.45) is 0 Å². The molecule has 3 nitrogen and oxygen atoms in total. The lowest BCUT2D eigenvalue weighted by Gasteiger charge is -2.55. The van der Waals surface area contributed by atoms with Crippen LogP contribution in [0.25, 0.3) is 0 Å². The molecule has 0 aromatic heterocycles. The van der Waals surface area contributed by atoms with Gasteiger partial charge in [0, 0.05) is 25.9 Å². The maximum atomic E-state index is 6.80. The third kappa shape index (κ3) is 2.70. The maximum Gasteiger partial charge on any atom is 0.0863 e. The predicted molar refractivity (Wildman–Crippen MR) is 76.4 cm³/mol. The maximum absolute atomic E-state index is 6.80. The third-order valence-corrected chi connectivity index (χ3v) is 5.54. The normalized spacial score (nSPS) is 42.6. The van der Waals surface area contributed by atoms with Crippen LogP contribution in [0.3, 0.4) is 0 Å². The van der Waals surface area contributed by atoms with E-state index in [2.05, 4.69) is 19.2 Å². The van der Waals surface area contributed by atoms with Crippen LogP contribution in [-0.2, 0) is 9.47 Å². The highest BCUT2D eigenvalue weighted by Crippen LogP contribution is 2.44. The molecule has 3 fully saturated rings. The van der Waals surface area contributed by atoms with Crippen molar-refractivity contribution >= 4 is 0 Å². The Hall–Kier alpha value is -0.120. The lowest BCUT2D eigenvalue weighted by molar-refractivity contribution is -0.245. The van der Waals surface area contributed by atoms with Crippen molar-refractivity contribution in [2.45, 2.75) is 82.0 Å². The van der Waals surface area contributed by atoms with E-state index in [1.54, 1.807) is 0 Å². The van der Waals surface area contributed by atoms with E-state index in [0.717, 1.165) is 39.0 Å². The van der Waals surface area contributed by atoms with Gasteiger partial charge in [-0.3, -0.25) is 0 Å². The van der Waals surface area contributed by atoms with Gasteiger partial charge in [-0.15, -0.1) is 0 Å². The molecule has 0 bridgehead atoms. The summed E-state index contributed by atoms with van der Waals surface area (Å²) in [4.78, 5) is 0. The third-order valence-electron chi connectivity index (χ3n) is 5.54. The van der Waals surface area contributed by atoms with Crippen LogP contribution in [0, 0.1) is 0 Å². The van der Waals surface area contributed by atoms with Crippen LogP contribution in [-0.4, -0.2) is 36.5 Å². The Bertz CT molecular complexity index is 317. The number of morpholine rings is 1. The number of hydrogen-bond donors (Lipinski definition) is 1. The first-order chi connectivity index (χ1) is 9.10. The second kappa shape index (κ2) is 5.01. The second-order valence-corrected chi connectivity index (χ2v) is 7.21. The van der Waals surface area contributed by atoms with Gasteiger partial charge >= 0.3 is 0 Å². The molecule has 2 spiro atoms. The van der Waals surface area contributed by atoms with E-state index in [0.29, 0.717) is 0 Å². The fraction of sp³-hybridized carbons (Fsp3) is 1.00. The van der Waals surface area contributed by atoms with Crippen LogP contribution >= 0.6 is 0 Å². The first kappa shape index (κ1) is 13.8. The molecule has 2 unspecified atom stereocenters. The summed E-state index contributed by atoms with van der Waals surface area (Å²) in [6.07, 6.45) is 9.71. The smallest absolute Gasteiger partial charge is 0.0863 e. The van der Waals surface area contributed by atoms with Crippen LogP contribution in [0.5, 0.6) is 0 Å². The minimum atomic E-state index is 0.00707. The number of rotatable bonds is 1. The minimum Gasteiger partial charge on any atom is -0.375 e. The average molecular weight is 267 g/mol. The van der Waals surface area contributed by atoms with Crippen molar-refractivity contribution in [3.8, 4) is 0 Å². The monoisotopic (exact) mass is 267 g/mol. The molecule has 3 rings (SSSR count). The first-order valence-corrected chi connectivity index (χ1v) is 8.14. The molecule has 110 valence electrons. The van der Waals surface area contributed by atoms with Gasteiger partial charge in [-0.1, -0.05) is 26.2 Å². The largest absolute Gasteiger partial charge is 0.375 e. The molecule has 1 aliphatic carbocycles. The molecule has 2 atom stereocenters. The van der Waals surface area contributed by atoms with E-state index in [9.17, 15) is 0 Å². The lowest BCUT2D eigenvalue weighted by Crippen LogP contribution is -2.64. The van der Waals surface area contributed by atoms with Crippen molar-refractivity contribution in [1.82, 2.24) is 5.32 Å². The van der Waals surface area contributed by atoms with Crippen LogP contribution < -0.4 is 5.32 Å². The van der Waals surface area contributed by atoms with Gasteiger partial charge in [0.25, 0.3) is 0 Å². The van der Waals surface area contributed by atoms with Crippen molar-refractivity contribution in [3.63, 3.8) is 0 Å². The topological polar surface area (TPSA) is 30.5 Å². The molecule has 1 N–H and O–H groups in total. The van der Waals surface area contributed by atoms with E-state index in [4.69, 9.17) is 9.47 Å². The van der Waals surface area contributed by atoms with Gasteiger partial charge in [0.15, 0.2) is 0 Å². The van der Waals surface area contributed by atoms with Crippen LogP contribution in [0.4, 0.5) is 0 Å². The van der Waals surface area contributed by atoms with Gasteiger partial charge in [0.1, 0.15) is 0 Å². The molecule has 0 amide bonds. The van der Waals surface area contributed by atoms with Crippen molar-refractivity contribution in [2.75, 3.05) is 19.7 Å². The summed E-state index contributed by atoms with van der Waals surface area (Å²) in [7, 11) is 0. The van der Waals surface area contributed by atoms with Crippen LogP contribution in [0.2, 0.25) is 0 Å². The van der Waals surface area contributed by atoms with Crippen molar-refractivity contribution in [3.05, 3.63) is 0 Å². The Balaban J connectivity index is 1.76. The molecule has 0 radical (unpaired) electrons. The van der Waals surface area contributed by atoms with E-state index in [1.165, 1.54) is 32.1 Å². The molecular weight excluding hydrogens is 238 g/mol. The minimum absolute atomic E-state index is 0.00707. The number of hydrogen-bond acceptors (Lipinski definition) is 3. The Morgan fingerprint density at radius 1 is 1.00 bits per heavy atom. The van der Waals surface area contributed by atoms with E-state index < -0.39 is 0 Å². The van der Waals surface area contributed by atoms with Gasteiger partial charge in [-0.05, 0) is 26.2 Å². The zero-order valence-corrected chi connectivity index (χ0v) is 12.6. The molecule has 2 heterocycles. The zero-order chi connectivity index (χ0) is 13.4. The summed E-state index contributed by atoms with van der Waals surface area (Å²) in [5.41, 5.74) is 0.161.